The molecule has 1 aromatic carbocycles. The predicted molar refractivity (Wildman–Crippen MR) is 121 cm³/mol. The molecule has 0 bridgehead atoms. The van der Waals surface area contributed by atoms with Crippen molar-refractivity contribution in [2.45, 2.75) is 51.5 Å². The van der Waals surface area contributed by atoms with Gasteiger partial charge in [0.1, 0.15) is 5.82 Å². The number of rotatable bonds is 8. The van der Waals surface area contributed by atoms with E-state index in [-0.39, 0.29) is 0 Å². The fourth-order valence-corrected chi connectivity index (χ4v) is 4.01. The van der Waals surface area contributed by atoms with E-state index in [1.54, 1.807) is 18.2 Å². The summed E-state index contributed by atoms with van der Waals surface area (Å²) in [5.41, 5.74) is 8.76. The van der Waals surface area contributed by atoms with E-state index >= 15 is 0 Å². The van der Waals surface area contributed by atoms with Crippen molar-refractivity contribution in [2.75, 3.05) is 35.6 Å². The van der Waals surface area contributed by atoms with E-state index in [4.69, 9.17) is 15.7 Å². The highest BCUT2D eigenvalue weighted by atomic mass is 15.2. The molecule has 1 aromatic heterocycles. The van der Waals surface area contributed by atoms with Gasteiger partial charge in [-0.2, -0.15) is 10.2 Å². The quantitative estimate of drug-likeness (QED) is 0.577. The third kappa shape index (κ3) is 5.39. The van der Waals surface area contributed by atoms with Gasteiger partial charge in [-0.3, -0.25) is 0 Å². The summed E-state index contributed by atoms with van der Waals surface area (Å²) in [5.74, 6) is 2.42. The number of hydrogen-bond donors (Lipinski definition) is 3. The van der Waals surface area contributed by atoms with Crippen LogP contribution in [0.4, 0.5) is 23.1 Å². The second-order valence-electron chi connectivity index (χ2n) is 8.51. The molecule has 0 spiro atoms. The molecule has 2 heterocycles. The summed E-state index contributed by atoms with van der Waals surface area (Å²) in [4.78, 5) is 11.9. The van der Waals surface area contributed by atoms with Crippen molar-refractivity contribution in [2.24, 2.45) is 5.92 Å². The van der Waals surface area contributed by atoms with Gasteiger partial charge in [-0.15, -0.1) is 0 Å². The minimum atomic E-state index is 0.517. The highest BCUT2D eigenvalue weighted by molar-refractivity contribution is 5.64. The van der Waals surface area contributed by atoms with Crippen molar-refractivity contribution in [1.29, 1.82) is 5.26 Å². The van der Waals surface area contributed by atoms with Crippen molar-refractivity contribution in [3.8, 4) is 6.07 Å². The SMILES string of the molecule is CCCc1cc(N2CCC[C@@H](NCC3CC3)C2)nc(Nc2cc(N)cc(C#N)c2)n1. The lowest BCUT2D eigenvalue weighted by Gasteiger charge is -2.34. The molecule has 1 aliphatic heterocycles. The molecule has 4 N–H and O–H groups in total. The molecule has 1 aliphatic carbocycles. The third-order valence-corrected chi connectivity index (χ3v) is 5.75. The van der Waals surface area contributed by atoms with Crippen LogP contribution < -0.4 is 21.3 Å². The Morgan fingerprint density at radius 1 is 1.20 bits per heavy atom. The molecular formula is C23H31N7. The fourth-order valence-electron chi connectivity index (χ4n) is 4.01. The van der Waals surface area contributed by atoms with Gasteiger partial charge in [0.15, 0.2) is 0 Å². The first kappa shape index (κ1) is 20.4. The topological polar surface area (TPSA) is 103 Å². The van der Waals surface area contributed by atoms with Gasteiger partial charge in [-0.1, -0.05) is 13.3 Å². The van der Waals surface area contributed by atoms with Crippen molar-refractivity contribution in [3.63, 3.8) is 0 Å². The van der Waals surface area contributed by atoms with Crippen LogP contribution >= 0.6 is 0 Å². The maximum absolute atomic E-state index is 9.21. The number of aromatic nitrogens is 2. The smallest absolute Gasteiger partial charge is 0.229 e. The molecule has 0 amide bonds. The summed E-state index contributed by atoms with van der Waals surface area (Å²) in [7, 11) is 0. The summed E-state index contributed by atoms with van der Waals surface area (Å²) in [5, 5.41) is 16.2. The molecule has 158 valence electrons. The number of nitrogens with one attached hydrogen (secondary N) is 2. The molecule has 4 rings (SSSR count). The summed E-state index contributed by atoms with van der Waals surface area (Å²) in [6, 6.07) is 10.0. The van der Waals surface area contributed by atoms with Crippen LogP contribution in [0, 0.1) is 17.2 Å². The van der Waals surface area contributed by atoms with E-state index in [1.165, 1.54) is 25.7 Å². The molecule has 7 heteroatoms. The Morgan fingerprint density at radius 3 is 2.83 bits per heavy atom. The van der Waals surface area contributed by atoms with E-state index in [1.807, 2.05) is 0 Å². The van der Waals surface area contributed by atoms with Gasteiger partial charge >= 0.3 is 0 Å². The number of piperidine rings is 1. The molecule has 1 saturated heterocycles. The summed E-state index contributed by atoms with van der Waals surface area (Å²) in [6.45, 7) is 5.30. The largest absolute Gasteiger partial charge is 0.399 e. The Morgan fingerprint density at radius 2 is 2.07 bits per heavy atom. The lowest BCUT2D eigenvalue weighted by molar-refractivity contribution is 0.414. The van der Waals surface area contributed by atoms with Crippen LogP contribution in [0.3, 0.4) is 0 Å². The normalized spacial score (nSPS) is 18.8. The minimum absolute atomic E-state index is 0.517. The molecule has 2 aromatic rings. The van der Waals surface area contributed by atoms with Gasteiger partial charge in [0.25, 0.3) is 0 Å². The van der Waals surface area contributed by atoms with Crippen molar-refractivity contribution in [1.82, 2.24) is 15.3 Å². The lowest BCUT2D eigenvalue weighted by atomic mass is 10.1. The molecule has 1 atom stereocenters. The highest BCUT2D eigenvalue weighted by Crippen LogP contribution is 2.28. The van der Waals surface area contributed by atoms with Gasteiger partial charge in [0.2, 0.25) is 5.95 Å². The number of aryl methyl sites for hydroxylation is 1. The van der Waals surface area contributed by atoms with Crippen LogP contribution in [0.25, 0.3) is 0 Å². The zero-order valence-electron chi connectivity index (χ0n) is 17.7. The molecule has 30 heavy (non-hydrogen) atoms. The zero-order valence-corrected chi connectivity index (χ0v) is 17.7. The zero-order chi connectivity index (χ0) is 20.9. The van der Waals surface area contributed by atoms with Gasteiger partial charge < -0.3 is 21.3 Å². The average molecular weight is 406 g/mol. The molecular weight excluding hydrogens is 374 g/mol. The maximum Gasteiger partial charge on any atom is 0.229 e. The second-order valence-corrected chi connectivity index (χ2v) is 8.51. The van der Waals surface area contributed by atoms with E-state index < -0.39 is 0 Å². The summed E-state index contributed by atoms with van der Waals surface area (Å²) in [6.07, 6.45) is 7.07. The lowest BCUT2D eigenvalue weighted by Crippen LogP contribution is -2.46. The molecule has 2 aliphatic rings. The third-order valence-electron chi connectivity index (χ3n) is 5.75. The number of benzene rings is 1. The average Bonchev–Trinajstić information content (AvgIpc) is 3.57. The highest BCUT2D eigenvalue weighted by Gasteiger charge is 2.25. The van der Waals surface area contributed by atoms with Gasteiger partial charge in [0.05, 0.1) is 11.6 Å². The Kier molecular flexibility index (Phi) is 6.34. The number of nitrogens with two attached hydrogens (primary N) is 1. The minimum Gasteiger partial charge on any atom is -0.399 e. The first-order chi connectivity index (χ1) is 14.6. The van der Waals surface area contributed by atoms with Crippen molar-refractivity contribution >= 4 is 23.1 Å². The first-order valence-corrected chi connectivity index (χ1v) is 11.1. The number of nitriles is 1. The Bertz CT molecular complexity index is 916. The van der Waals surface area contributed by atoms with Gasteiger partial charge in [-0.05, 0) is 62.8 Å². The van der Waals surface area contributed by atoms with Crippen LogP contribution in [0.5, 0.6) is 0 Å². The Balaban J connectivity index is 1.53. The van der Waals surface area contributed by atoms with Crippen molar-refractivity contribution < 1.29 is 0 Å². The van der Waals surface area contributed by atoms with Gasteiger partial charge in [0, 0.05) is 42.3 Å². The Hall–Kier alpha value is -2.85. The van der Waals surface area contributed by atoms with Crippen molar-refractivity contribution in [3.05, 3.63) is 35.5 Å². The molecule has 2 fully saturated rings. The molecule has 1 saturated carbocycles. The maximum atomic E-state index is 9.21. The van der Waals surface area contributed by atoms with Crippen LogP contribution in [0.15, 0.2) is 24.3 Å². The molecule has 0 unspecified atom stereocenters. The summed E-state index contributed by atoms with van der Waals surface area (Å²) < 4.78 is 0. The van der Waals surface area contributed by atoms with E-state index in [9.17, 15) is 5.26 Å². The standard InChI is InChI=1S/C23H31N7/c1-2-4-19-12-22(30-8-3-5-20(15-30)26-14-16-6-7-16)29-23(27-19)28-21-10-17(13-24)9-18(25)11-21/h9-12,16,20,26H,2-8,14-15,25H2,1H3,(H,27,28,29)/t20-/m1/s1. The number of nitrogen functional groups attached to an aromatic ring is 1. The van der Waals surface area contributed by atoms with Crippen LogP contribution in [-0.2, 0) is 6.42 Å². The van der Waals surface area contributed by atoms with E-state index in [0.29, 0.717) is 23.2 Å². The van der Waals surface area contributed by atoms with Gasteiger partial charge in [-0.25, -0.2) is 4.98 Å². The van der Waals surface area contributed by atoms with E-state index in [2.05, 4.69) is 34.6 Å². The predicted octanol–water partition coefficient (Wildman–Crippen LogP) is 3.59. The fraction of sp³-hybridized carbons (Fsp3) is 0.522. The van der Waals surface area contributed by atoms with Crippen LogP contribution in [-0.4, -0.2) is 35.6 Å². The second kappa shape index (κ2) is 9.31. The molecule has 7 nitrogen and oxygen atoms in total. The number of anilines is 4. The summed E-state index contributed by atoms with van der Waals surface area (Å²) >= 11 is 0. The molecule has 0 radical (unpaired) electrons. The number of hydrogen-bond acceptors (Lipinski definition) is 7. The monoisotopic (exact) mass is 405 g/mol. The van der Waals surface area contributed by atoms with E-state index in [0.717, 1.165) is 55.6 Å². The van der Waals surface area contributed by atoms with Crippen LogP contribution in [0.2, 0.25) is 0 Å². The van der Waals surface area contributed by atoms with Crippen LogP contribution in [0.1, 0.15) is 50.3 Å². The first-order valence-electron chi connectivity index (χ1n) is 11.1. The number of nitrogens with zero attached hydrogens (tertiary/aromatic N) is 4. The Labute approximate surface area is 178 Å².